The molecule has 0 aliphatic carbocycles. The highest BCUT2D eigenvalue weighted by Crippen LogP contribution is 2.31. The Morgan fingerprint density at radius 3 is 2.56 bits per heavy atom. The molecule has 1 amide bonds. The SMILES string of the molecule is CN1CCC[C@H]1COc1nc(N2CCN(C(=O)OC(C)(C)C)CC2)c2cc(C#N)c(Cl)cc2n1. The number of amides is 1. The summed E-state index contributed by atoms with van der Waals surface area (Å²) < 4.78 is 11.5. The zero-order chi connectivity index (χ0) is 24.5. The largest absolute Gasteiger partial charge is 0.462 e. The minimum absolute atomic E-state index is 0.290. The fourth-order valence-electron chi connectivity index (χ4n) is 4.29. The van der Waals surface area contributed by atoms with E-state index >= 15 is 0 Å². The molecule has 0 bridgehead atoms. The van der Waals surface area contributed by atoms with E-state index in [0.717, 1.165) is 24.8 Å². The van der Waals surface area contributed by atoms with E-state index in [4.69, 9.17) is 26.1 Å². The molecule has 2 aliphatic heterocycles. The maximum atomic E-state index is 12.5. The molecular weight excluding hydrogens is 456 g/mol. The Labute approximate surface area is 205 Å². The molecule has 0 saturated carbocycles. The third-order valence-electron chi connectivity index (χ3n) is 6.17. The van der Waals surface area contributed by atoms with Crippen molar-refractivity contribution in [3.63, 3.8) is 0 Å². The Kier molecular flexibility index (Phi) is 7.01. The normalized spacial score (nSPS) is 19.4. The molecule has 10 heteroatoms. The average Bonchev–Trinajstić information content (AvgIpc) is 3.20. The first-order chi connectivity index (χ1) is 16.1. The van der Waals surface area contributed by atoms with Crippen molar-refractivity contribution in [1.29, 1.82) is 5.26 Å². The average molecular weight is 487 g/mol. The number of likely N-dealkylation sites (N-methyl/N-ethyl adjacent to an activating group) is 1. The fraction of sp³-hybridized carbons (Fsp3) is 0.583. The Morgan fingerprint density at radius 2 is 1.94 bits per heavy atom. The summed E-state index contributed by atoms with van der Waals surface area (Å²) in [5, 5.41) is 10.6. The molecule has 0 spiro atoms. The van der Waals surface area contributed by atoms with Gasteiger partial charge in [0.2, 0.25) is 0 Å². The van der Waals surface area contributed by atoms with Gasteiger partial charge in [-0.05, 0) is 59.3 Å². The predicted molar refractivity (Wildman–Crippen MR) is 130 cm³/mol. The number of piperazine rings is 1. The fourth-order valence-corrected chi connectivity index (χ4v) is 4.49. The second kappa shape index (κ2) is 9.80. The Morgan fingerprint density at radius 1 is 1.21 bits per heavy atom. The summed E-state index contributed by atoms with van der Waals surface area (Å²) in [5.41, 5.74) is 0.454. The van der Waals surface area contributed by atoms with Crippen LogP contribution in [0, 0.1) is 11.3 Å². The zero-order valence-corrected chi connectivity index (χ0v) is 20.9. The lowest BCUT2D eigenvalue weighted by Gasteiger charge is -2.36. The van der Waals surface area contributed by atoms with Crippen molar-refractivity contribution >= 4 is 34.4 Å². The molecule has 2 saturated heterocycles. The molecular formula is C24H31ClN6O3. The number of ether oxygens (including phenoxy) is 2. The molecule has 2 aliphatic rings. The van der Waals surface area contributed by atoms with Crippen LogP contribution in [0.1, 0.15) is 39.2 Å². The van der Waals surface area contributed by atoms with Gasteiger partial charge in [0, 0.05) is 37.6 Å². The van der Waals surface area contributed by atoms with Crippen LogP contribution < -0.4 is 9.64 Å². The molecule has 4 rings (SSSR count). The van der Waals surface area contributed by atoms with Gasteiger partial charge in [0.1, 0.15) is 24.1 Å². The first kappa shape index (κ1) is 24.3. The van der Waals surface area contributed by atoms with Gasteiger partial charge >= 0.3 is 12.1 Å². The number of rotatable bonds is 4. The Bertz CT molecular complexity index is 1100. The molecule has 0 N–H and O–H groups in total. The molecule has 0 radical (unpaired) electrons. The van der Waals surface area contributed by atoms with Crippen LogP contribution in [0.2, 0.25) is 5.02 Å². The number of nitrogens with zero attached hydrogens (tertiary/aromatic N) is 6. The van der Waals surface area contributed by atoms with Gasteiger partial charge in [-0.25, -0.2) is 4.79 Å². The Balaban J connectivity index is 1.58. The van der Waals surface area contributed by atoms with Crippen molar-refractivity contribution in [3.05, 3.63) is 22.7 Å². The lowest BCUT2D eigenvalue weighted by molar-refractivity contribution is 0.0240. The second-order valence-corrected chi connectivity index (χ2v) is 10.2. The lowest BCUT2D eigenvalue weighted by atomic mass is 10.1. The number of fused-ring (bicyclic) bond motifs is 1. The standard InChI is InChI=1S/C24H31ClN6O3/c1-24(2,3)34-23(32)31-10-8-30(9-11-31)21-18-12-16(14-26)19(25)13-20(18)27-22(28-21)33-15-17-6-5-7-29(17)4/h12-13,17H,5-11,15H2,1-4H3/t17-/m0/s1. The highest BCUT2D eigenvalue weighted by Gasteiger charge is 2.28. The molecule has 1 aromatic heterocycles. The van der Waals surface area contributed by atoms with E-state index in [9.17, 15) is 10.1 Å². The van der Waals surface area contributed by atoms with Gasteiger partial charge in [0.05, 0.1) is 16.1 Å². The van der Waals surface area contributed by atoms with Crippen LogP contribution in [0.4, 0.5) is 10.6 Å². The van der Waals surface area contributed by atoms with Crippen molar-refractivity contribution in [3.8, 4) is 12.1 Å². The molecule has 1 aromatic carbocycles. The van der Waals surface area contributed by atoms with Crippen molar-refractivity contribution in [2.45, 2.75) is 45.3 Å². The van der Waals surface area contributed by atoms with Gasteiger partial charge in [-0.3, -0.25) is 0 Å². The van der Waals surface area contributed by atoms with E-state index in [-0.39, 0.29) is 12.1 Å². The summed E-state index contributed by atoms with van der Waals surface area (Å²) in [5.74, 6) is 0.678. The highest BCUT2D eigenvalue weighted by molar-refractivity contribution is 6.32. The molecule has 9 nitrogen and oxygen atoms in total. The number of hydrogen-bond donors (Lipinski definition) is 0. The highest BCUT2D eigenvalue weighted by atomic mass is 35.5. The molecule has 34 heavy (non-hydrogen) atoms. The third-order valence-corrected chi connectivity index (χ3v) is 6.48. The summed E-state index contributed by atoms with van der Waals surface area (Å²) in [7, 11) is 2.10. The third kappa shape index (κ3) is 5.45. The van der Waals surface area contributed by atoms with Crippen LogP contribution >= 0.6 is 11.6 Å². The molecule has 2 aromatic rings. The quantitative estimate of drug-likeness (QED) is 0.645. The number of carbonyl (C=O) groups excluding carboxylic acids is 1. The molecule has 1 atom stereocenters. The van der Waals surface area contributed by atoms with E-state index in [1.165, 1.54) is 0 Å². The number of halogens is 1. The summed E-state index contributed by atoms with van der Waals surface area (Å²) in [6, 6.07) is 6.17. The molecule has 0 unspecified atom stereocenters. The van der Waals surface area contributed by atoms with Crippen LogP contribution in [-0.4, -0.2) is 83.9 Å². The summed E-state index contributed by atoms with van der Waals surface area (Å²) in [6.07, 6.45) is 1.92. The number of anilines is 1. The Hall–Kier alpha value is -2.83. The monoisotopic (exact) mass is 486 g/mol. The van der Waals surface area contributed by atoms with Crippen LogP contribution in [0.5, 0.6) is 6.01 Å². The smallest absolute Gasteiger partial charge is 0.410 e. The zero-order valence-electron chi connectivity index (χ0n) is 20.2. The van der Waals surface area contributed by atoms with Gasteiger partial charge in [-0.15, -0.1) is 0 Å². The second-order valence-electron chi connectivity index (χ2n) is 9.83. The van der Waals surface area contributed by atoms with Gasteiger partial charge < -0.3 is 24.2 Å². The summed E-state index contributed by atoms with van der Waals surface area (Å²) in [6.45, 7) is 9.29. The predicted octanol–water partition coefficient (Wildman–Crippen LogP) is 3.68. The van der Waals surface area contributed by atoms with Gasteiger partial charge in [0.15, 0.2) is 0 Å². The van der Waals surface area contributed by atoms with Crippen molar-refractivity contribution in [2.24, 2.45) is 0 Å². The van der Waals surface area contributed by atoms with E-state index in [1.54, 1.807) is 17.0 Å². The van der Waals surface area contributed by atoms with Crippen LogP contribution in [-0.2, 0) is 4.74 Å². The van der Waals surface area contributed by atoms with Gasteiger partial charge in [-0.1, -0.05) is 11.6 Å². The van der Waals surface area contributed by atoms with Gasteiger partial charge in [0.25, 0.3) is 0 Å². The van der Waals surface area contributed by atoms with Crippen molar-refractivity contribution < 1.29 is 14.3 Å². The molecule has 182 valence electrons. The summed E-state index contributed by atoms with van der Waals surface area (Å²) >= 11 is 6.30. The van der Waals surface area contributed by atoms with Crippen LogP contribution in [0.25, 0.3) is 10.9 Å². The first-order valence-electron chi connectivity index (χ1n) is 11.6. The molecule has 2 fully saturated rings. The topological polar surface area (TPSA) is 94.8 Å². The maximum Gasteiger partial charge on any atom is 0.410 e. The number of hydrogen-bond acceptors (Lipinski definition) is 8. The van der Waals surface area contributed by atoms with Crippen molar-refractivity contribution in [2.75, 3.05) is 51.3 Å². The number of aromatic nitrogens is 2. The van der Waals surface area contributed by atoms with Crippen LogP contribution in [0.15, 0.2) is 12.1 Å². The van der Waals surface area contributed by atoms with Gasteiger partial charge in [-0.2, -0.15) is 15.2 Å². The lowest BCUT2D eigenvalue weighted by Crippen LogP contribution is -2.50. The van der Waals surface area contributed by atoms with E-state index < -0.39 is 5.60 Å². The number of nitriles is 1. The summed E-state index contributed by atoms with van der Waals surface area (Å²) in [4.78, 5) is 27.9. The van der Waals surface area contributed by atoms with E-state index in [2.05, 4.69) is 27.9 Å². The van der Waals surface area contributed by atoms with Crippen molar-refractivity contribution in [1.82, 2.24) is 19.8 Å². The minimum atomic E-state index is -0.538. The molecule has 3 heterocycles. The first-order valence-corrected chi connectivity index (χ1v) is 12.0. The number of likely N-dealkylation sites (tertiary alicyclic amines) is 1. The number of carbonyl (C=O) groups is 1. The van der Waals surface area contributed by atoms with E-state index in [1.807, 2.05) is 20.8 Å². The minimum Gasteiger partial charge on any atom is -0.462 e. The van der Waals surface area contributed by atoms with Crippen LogP contribution in [0.3, 0.4) is 0 Å². The number of benzene rings is 1. The van der Waals surface area contributed by atoms with E-state index in [0.29, 0.717) is 60.7 Å². The maximum absolute atomic E-state index is 12.5.